The number of amides is 1. The minimum Gasteiger partial charge on any atom is -0.399 e. The summed E-state index contributed by atoms with van der Waals surface area (Å²) in [6.45, 7) is 1.57. The predicted molar refractivity (Wildman–Crippen MR) is 62.0 cm³/mol. The van der Waals surface area contributed by atoms with Crippen LogP contribution in [-0.2, 0) is 0 Å². The highest BCUT2D eigenvalue weighted by Gasteiger charge is 2.29. The molecule has 4 N–H and O–H groups in total. The van der Waals surface area contributed by atoms with Gasteiger partial charge in [-0.05, 0) is 37.5 Å². The number of nitrogens with two attached hydrogens (primary N) is 1. The molecule has 0 spiro atoms. The van der Waals surface area contributed by atoms with Crippen LogP contribution in [0.3, 0.4) is 0 Å². The van der Waals surface area contributed by atoms with Crippen molar-refractivity contribution in [2.75, 3.05) is 5.73 Å². The molecule has 17 heavy (non-hydrogen) atoms. The van der Waals surface area contributed by atoms with Gasteiger partial charge in [0.1, 0.15) is 5.82 Å². The van der Waals surface area contributed by atoms with Gasteiger partial charge in [-0.15, -0.1) is 0 Å². The second-order valence-corrected chi connectivity index (χ2v) is 4.49. The number of aryl methyl sites for hydroxylation is 1. The highest BCUT2D eigenvalue weighted by molar-refractivity contribution is 5.95. The van der Waals surface area contributed by atoms with Crippen LogP contribution in [0.2, 0.25) is 0 Å². The highest BCUT2D eigenvalue weighted by Crippen LogP contribution is 2.21. The molecule has 2 rings (SSSR count). The van der Waals surface area contributed by atoms with Crippen molar-refractivity contribution in [1.82, 2.24) is 5.32 Å². The maximum atomic E-state index is 13.7. The van der Waals surface area contributed by atoms with Crippen molar-refractivity contribution >= 4 is 11.6 Å². The molecule has 0 heterocycles. The second-order valence-electron chi connectivity index (χ2n) is 4.49. The summed E-state index contributed by atoms with van der Waals surface area (Å²) in [4.78, 5) is 11.8. The van der Waals surface area contributed by atoms with Gasteiger partial charge in [0.25, 0.3) is 5.91 Å². The van der Waals surface area contributed by atoms with Crippen molar-refractivity contribution in [3.05, 3.63) is 29.1 Å². The summed E-state index contributed by atoms with van der Waals surface area (Å²) in [6, 6.07) is 2.74. The Hall–Kier alpha value is -1.62. The van der Waals surface area contributed by atoms with Gasteiger partial charge in [-0.3, -0.25) is 4.79 Å². The van der Waals surface area contributed by atoms with E-state index in [4.69, 9.17) is 10.8 Å². The number of anilines is 1. The third kappa shape index (κ3) is 2.39. The van der Waals surface area contributed by atoms with Gasteiger partial charge in [0.15, 0.2) is 0 Å². The van der Waals surface area contributed by atoms with E-state index in [0.29, 0.717) is 24.1 Å². The minimum absolute atomic E-state index is 0.0381. The van der Waals surface area contributed by atoms with E-state index in [1.165, 1.54) is 12.1 Å². The average molecular weight is 238 g/mol. The molecule has 5 heteroatoms. The van der Waals surface area contributed by atoms with Crippen LogP contribution in [0, 0.1) is 12.7 Å². The standard InChI is InChI=1S/C12H15FN2O2/c1-6-2-7(14)3-10(11(6)13)12(17)15-8-4-9(16)5-8/h2-3,8-9,16H,4-5,14H2,1H3,(H,15,17). The maximum Gasteiger partial charge on any atom is 0.254 e. The Labute approximate surface area is 98.6 Å². The molecule has 0 aromatic heterocycles. The van der Waals surface area contributed by atoms with Crippen LogP contribution in [0.1, 0.15) is 28.8 Å². The third-order valence-corrected chi connectivity index (χ3v) is 2.97. The molecular weight excluding hydrogens is 223 g/mol. The van der Waals surface area contributed by atoms with Gasteiger partial charge in [-0.25, -0.2) is 4.39 Å². The minimum atomic E-state index is -0.545. The van der Waals surface area contributed by atoms with Crippen LogP contribution in [0.4, 0.5) is 10.1 Å². The maximum absolute atomic E-state index is 13.7. The van der Waals surface area contributed by atoms with E-state index in [9.17, 15) is 9.18 Å². The summed E-state index contributed by atoms with van der Waals surface area (Å²) in [5, 5.41) is 11.8. The van der Waals surface area contributed by atoms with Crippen LogP contribution in [0.5, 0.6) is 0 Å². The Bertz CT molecular complexity index is 456. The number of hydrogen-bond acceptors (Lipinski definition) is 3. The van der Waals surface area contributed by atoms with Crippen molar-refractivity contribution in [2.45, 2.75) is 31.9 Å². The fourth-order valence-electron chi connectivity index (χ4n) is 1.93. The lowest BCUT2D eigenvalue weighted by atomic mass is 9.89. The molecule has 0 unspecified atom stereocenters. The molecule has 1 saturated carbocycles. The number of aliphatic hydroxyl groups is 1. The summed E-state index contributed by atoms with van der Waals surface area (Å²) >= 11 is 0. The third-order valence-electron chi connectivity index (χ3n) is 2.97. The number of halogens is 1. The van der Waals surface area contributed by atoms with Gasteiger partial charge < -0.3 is 16.2 Å². The quantitative estimate of drug-likeness (QED) is 0.672. The van der Waals surface area contributed by atoms with Gasteiger partial charge in [-0.2, -0.15) is 0 Å². The molecule has 0 bridgehead atoms. The number of hydrogen-bond donors (Lipinski definition) is 3. The number of rotatable bonds is 2. The van der Waals surface area contributed by atoms with Crippen molar-refractivity contribution < 1.29 is 14.3 Å². The molecule has 0 aliphatic heterocycles. The van der Waals surface area contributed by atoms with E-state index in [1.807, 2.05) is 0 Å². The SMILES string of the molecule is Cc1cc(N)cc(C(=O)NC2CC(O)C2)c1F. The van der Waals surface area contributed by atoms with E-state index in [2.05, 4.69) is 5.32 Å². The zero-order valence-electron chi connectivity index (χ0n) is 9.53. The van der Waals surface area contributed by atoms with Gasteiger partial charge in [0.2, 0.25) is 0 Å². The lowest BCUT2D eigenvalue weighted by molar-refractivity contribution is 0.0561. The van der Waals surface area contributed by atoms with E-state index in [0.717, 1.165) is 0 Å². The molecule has 0 atom stereocenters. The molecule has 0 saturated heterocycles. The van der Waals surface area contributed by atoms with Gasteiger partial charge in [-0.1, -0.05) is 0 Å². The molecule has 1 aromatic rings. The van der Waals surface area contributed by atoms with E-state index in [-0.39, 0.29) is 17.7 Å². The fraction of sp³-hybridized carbons (Fsp3) is 0.417. The number of carbonyl (C=O) groups excluding carboxylic acids is 1. The van der Waals surface area contributed by atoms with E-state index >= 15 is 0 Å². The van der Waals surface area contributed by atoms with Crippen LogP contribution >= 0.6 is 0 Å². The van der Waals surface area contributed by atoms with Crippen LogP contribution < -0.4 is 11.1 Å². The summed E-state index contributed by atoms with van der Waals surface area (Å²) in [7, 11) is 0. The topological polar surface area (TPSA) is 75.4 Å². The first kappa shape index (κ1) is 11.9. The molecule has 1 aliphatic rings. The van der Waals surface area contributed by atoms with Gasteiger partial charge in [0.05, 0.1) is 11.7 Å². The number of benzene rings is 1. The summed E-state index contributed by atoms with van der Waals surface area (Å²) in [5.41, 5.74) is 6.26. The first-order chi connectivity index (χ1) is 7.97. The van der Waals surface area contributed by atoms with Crippen molar-refractivity contribution in [1.29, 1.82) is 0 Å². The van der Waals surface area contributed by atoms with Crippen LogP contribution in [0.25, 0.3) is 0 Å². The Balaban J connectivity index is 2.13. The first-order valence-corrected chi connectivity index (χ1v) is 5.52. The molecule has 1 fully saturated rings. The molecule has 1 aliphatic carbocycles. The lowest BCUT2D eigenvalue weighted by Crippen LogP contribution is -2.46. The van der Waals surface area contributed by atoms with Crippen molar-refractivity contribution in [3.8, 4) is 0 Å². The predicted octanol–water partition coefficient (Wildman–Crippen LogP) is 0.969. The van der Waals surface area contributed by atoms with Crippen molar-refractivity contribution in [2.24, 2.45) is 0 Å². The fourth-order valence-corrected chi connectivity index (χ4v) is 1.93. The van der Waals surface area contributed by atoms with Gasteiger partial charge >= 0.3 is 0 Å². The molecule has 4 nitrogen and oxygen atoms in total. The second kappa shape index (κ2) is 4.33. The molecule has 0 radical (unpaired) electrons. The number of nitrogens with one attached hydrogen (secondary N) is 1. The molecule has 92 valence electrons. The first-order valence-electron chi connectivity index (χ1n) is 5.52. The smallest absolute Gasteiger partial charge is 0.254 e. The van der Waals surface area contributed by atoms with Crippen molar-refractivity contribution in [3.63, 3.8) is 0 Å². The summed E-state index contributed by atoms with van der Waals surface area (Å²) in [6.07, 6.45) is 0.691. The number of aliphatic hydroxyl groups excluding tert-OH is 1. The van der Waals surface area contributed by atoms with E-state index < -0.39 is 11.7 Å². The monoisotopic (exact) mass is 238 g/mol. The number of nitrogen functional groups attached to an aromatic ring is 1. The van der Waals surface area contributed by atoms with Crippen LogP contribution in [-0.4, -0.2) is 23.2 Å². The molecule has 1 aromatic carbocycles. The Kier molecular flexibility index (Phi) is 3.02. The summed E-state index contributed by atoms with van der Waals surface area (Å²) < 4.78 is 13.7. The Morgan fingerprint density at radius 3 is 2.76 bits per heavy atom. The van der Waals surface area contributed by atoms with Gasteiger partial charge in [0, 0.05) is 11.7 Å². The van der Waals surface area contributed by atoms with E-state index in [1.54, 1.807) is 6.92 Å². The lowest BCUT2D eigenvalue weighted by Gasteiger charge is -2.32. The average Bonchev–Trinajstić information content (AvgIpc) is 2.21. The summed E-state index contributed by atoms with van der Waals surface area (Å²) in [5.74, 6) is -1.02. The van der Waals surface area contributed by atoms with Crippen LogP contribution in [0.15, 0.2) is 12.1 Å². The molecule has 1 amide bonds. The zero-order valence-corrected chi connectivity index (χ0v) is 9.53. The molecular formula is C12H15FN2O2. The number of carbonyl (C=O) groups is 1. The normalized spacial score (nSPS) is 23.0. The Morgan fingerprint density at radius 2 is 2.18 bits per heavy atom. The highest BCUT2D eigenvalue weighted by atomic mass is 19.1. The Morgan fingerprint density at radius 1 is 1.53 bits per heavy atom. The largest absolute Gasteiger partial charge is 0.399 e. The zero-order chi connectivity index (χ0) is 12.6.